The molecule has 0 aromatic heterocycles. The second kappa shape index (κ2) is 3.70. The van der Waals surface area contributed by atoms with Gasteiger partial charge in [-0.05, 0) is 5.56 Å². The Morgan fingerprint density at radius 2 is 2.08 bits per heavy atom. The second-order valence-corrected chi connectivity index (χ2v) is 3.05. The molecule has 2 rings (SSSR count). The number of piperazine rings is 1. The van der Waals surface area contributed by atoms with E-state index in [4.69, 9.17) is 0 Å². The minimum Gasteiger partial charge on any atom is -0.307 e. The average Bonchev–Trinajstić information content (AvgIpc) is 2.21. The van der Waals surface area contributed by atoms with Crippen molar-refractivity contribution in [2.45, 2.75) is 6.04 Å². The highest BCUT2D eigenvalue weighted by molar-refractivity contribution is 5.19. The molecule has 1 aromatic rings. The molecule has 1 fully saturated rings. The summed E-state index contributed by atoms with van der Waals surface area (Å²) in [5, 5.41) is 7.81. The largest absolute Gasteiger partial charge is 0.307 e. The lowest BCUT2D eigenvalue weighted by atomic mass is 10.1. The first-order chi connectivity index (χ1) is 5.97. The topological polar surface area (TPSA) is 26.1 Å². The van der Waals surface area contributed by atoms with Crippen LogP contribution in [0.1, 0.15) is 11.6 Å². The molecular formula is C10H13N2. The van der Waals surface area contributed by atoms with E-state index in [0.717, 1.165) is 19.6 Å². The second-order valence-electron chi connectivity index (χ2n) is 3.05. The number of nitrogens with one attached hydrogen (secondary N) is 1. The zero-order chi connectivity index (χ0) is 8.23. The summed E-state index contributed by atoms with van der Waals surface area (Å²) in [5.41, 5.74) is 1.35. The summed E-state index contributed by atoms with van der Waals surface area (Å²) in [5.74, 6) is 0. The van der Waals surface area contributed by atoms with Crippen LogP contribution in [0.5, 0.6) is 0 Å². The number of benzene rings is 1. The molecule has 1 unspecified atom stereocenters. The molecule has 2 nitrogen and oxygen atoms in total. The Hall–Kier alpha value is -0.860. The van der Waals surface area contributed by atoms with Gasteiger partial charge in [-0.2, -0.15) is 0 Å². The Kier molecular flexibility index (Phi) is 2.39. The molecule has 1 aromatic carbocycles. The highest BCUT2D eigenvalue weighted by Crippen LogP contribution is 2.12. The van der Waals surface area contributed by atoms with E-state index in [1.54, 1.807) is 0 Å². The molecule has 1 saturated heterocycles. The highest BCUT2D eigenvalue weighted by Gasteiger charge is 2.13. The molecule has 0 bridgehead atoms. The first-order valence-electron chi connectivity index (χ1n) is 4.38. The molecule has 1 heterocycles. The highest BCUT2D eigenvalue weighted by atomic mass is 15.0. The fourth-order valence-corrected chi connectivity index (χ4v) is 1.51. The van der Waals surface area contributed by atoms with Crippen molar-refractivity contribution in [1.82, 2.24) is 10.6 Å². The van der Waals surface area contributed by atoms with Crippen LogP contribution < -0.4 is 10.6 Å². The minimum absolute atomic E-state index is 0.444. The monoisotopic (exact) mass is 161 g/mol. The smallest absolute Gasteiger partial charge is 0.0464 e. The Morgan fingerprint density at radius 1 is 1.25 bits per heavy atom. The molecule has 1 radical (unpaired) electrons. The molecule has 2 heteroatoms. The van der Waals surface area contributed by atoms with Crippen molar-refractivity contribution in [3.05, 3.63) is 35.9 Å². The van der Waals surface area contributed by atoms with E-state index in [1.807, 2.05) is 6.07 Å². The van der Waals surface area contributed by atoms with Gasteiger partial charge in [-0.25, -0.2) is 5.32 Å². The Bertz CT molecular complexity index is 227. The van der Waals surface area contributed by atoms with Crippen molar-refractivity contribution in [1.29, 1.82) is 0 Å². The van der Waals surface area contributed by atoms with Crippen LogP contribution >= 0.6 is 0 Å². The van der Waals surface area contributed by atoms with Crippen LogP contribution in [0, 0.1) is 0 Å². The molecular weight excluding hydrogens is 148 g/mol. The first-order valence-corrected chi connectivity index (χ1v) is 4.38. The zero-order valence-corrected chi connectivity index (χ0v) is 7.03. The van der Waals surface area contributed by atoms with E-state index in [2.05, 4.69) is 34.9 Å². The Balaban J connectivity index is 2.08. The van der Waals surface area contributed by atoms with Gasteiger partial charge in [0.2, 0.25) is 0 Å². The maximum atomic E-state index is 4.37. The quantitative estimate of drug-likeness (QED) is 0.651. The fraction of sp³-hybridized carbons (Fsp3) is 0.400. The van der Waals surface area contributed by atoms with Crippen LogP contribution in [0.2, 0.25) is 0 Å². The predicted molar refractivity (Wildman–Crippen MR) is 49.1 cm³/mol. The van der Waals surface area contributed by atoms with Crippen molar-refractivity contribution < 1.29 is 0 Å². The van der Waals surface area contributed by atoms with E-state index in [-0.39, 0.29) is 0 Å². The van der Waals surface area contributed by atoms with Crippen LogP contribution in [-0.4, -0.2) is 19.6 Å². The van der Waals surface area contributed by atoms with Crippen LogP contribution in [0.3, 0.4) is 0 Å². The summed E-state index contributed by atoms with van der Waals surface area (Å²) in [6.07, 6.45) is 0. The van der Waals surface area contributed by atoms with Crippen LogP contribution in [0.4, 0.5) is 0 Å². The molecule has 12 heavy (non-hydrogen) atoms. The lowest BCUT2D eigenvalue weighted by Gasteiger charge is -2.23. The summed E-state index contributed by atoms with van der Waals surface area (Å²) >= 11 is 0. The van der Waals surface area contributed by atoms with Gasteiger partial charge in [0, 0.05) is 25.7 Å². The standard InChI is InChI=1S/C10H13N2/c1-2-4-9(5-3-1)10-8-11-6-7-12-10/h1-5,10,12H,6-8H2. The molecule has 1 aliphatic heterocycles. The van der Waals surface area contributed by atoms with E-state index < -0.39 is 0 Å². The summed E-state index contributed by atoms with van der Waals surface area (Å²) in [7, 11) is 0. The number of hydrogen-bond acceptors (Lipinski definition) is 1. The van der Waals surface area contributed by atoms with Crippen molar-refractivity contribution in [2.24, 2.45) is 0 Å². The van der Waals surface area contributed by atoms with Crippen molar-refractivity contribution in [3.63, 3.8) is 0 Å². The molecule has 63 valence electrons. The molecule has 0 aliphatic carbocycles. The first kappa shape index (κ1) is 7.77. The van der Waals surface area contributed by atoms with Crippen LogP contribution in [0.15, 0.2) is 30.3 Å². The van der Waals surface area contributed by atoms with E-state index >= 15 is 0 Å². The Morgan fingerprint density at radius 3 is 2.75 bits per heavy atom. The van der Waals surface area contributed by atoms with Gasteiger partial charge in [-0.3, -0.25) is 0 Å². The average molecular weight is 161 g/mol. The van der Waals surface area contributed by atoms with Crippen molar-refractivity contribution >= 4 is 0 Å². The third kappa shape index (κ3) is 1.65. The van der Waals surface area contributed by atoms with Gasteiger partial charge < -0.3 is 5.32 Å². The zero-order valence-electron chi connectivity index (χ0n) is 7.03. The van der Waals surface area contributed by atoms with Gasteiger partial charge in [-0.1, -0.05) is 30.3 Å². The number of rotatable bonds is 1. The van der Waals surface area contributed by atoms with Crippen molar-refractivity contribution in [3.8, 4) is 0 Å². The Labute approximate surface area is 73.0 Å². The summed E-state index contributed by atoms with van der Waals surface area (Å²) in [6.45, 7) is 2.90. The van der Waals surface area contributed by atoms with E-state index in [9.17, 15) is 0 Å². The van der Waals surface area contributed by atoms with Gasteiger partial charge >= 0.3 is 0 Å². The molecule has 0 saturated carbocycles. The van der Waals surface area contributed by atoms with Crippen LogP contribution in [0.25, 0.3) is 0 Å². The summed E-state index contributed by atoms with van der Waals surface area (Å²) < 4.78 is 0. The van der Waals surface area contributed by atoms with Gasteiger partial charge in [0.05, 0.1) is 0 Å². The van der Waals surface area contributed by atoms with Crippen molar-refractivity contribution in [2.75, 3.05) is 19.6 Å². The van der Waals surface area contributed by atoms with E-state index in [0.29, 0.717) is 6.04 Å². The molecule has 1 aliphatic rings. The third-order valence-electron chi connectivity index (χ3n) is 2.17. The lowest BCUT2D eigenvalue weighted by molar-refractivity contribution is 0.424. The van der Waals surface area contributed by atoms with E-state index in [1.165, 1.54) is 5.56 Å². The van der Waals surface area contributed by atoms with Gasteiger partial charge in [0.15, 0.2) is 0 Å². The number of hydrogen-bond donors (Lipinski definition) is 1. The molecule has 1 atom stereocenters. The predicted octanol–water partition coefficient (Wildman–Crippen LogP) is 0.935. The van der Waals surface area contributed by atoms with Gasteiger partial charge in [0.25, 0.3) is 0 Å². The van der Waals surface area contributed by atoms with Gasteiger partial charge in [0.1, 0.15) is 0 Å². The lowest BCUT2D eigenvalue weighted by Crippen LogP contribution is -2.38. The summed E-state index contributed by atoms with van der Waals surface area (Å²) in [4.78, 5) is 0. The fourth-order valence-electron chi connectivity index (χ4n) is 1.51. The molecule has 1 N–H and O–H groups in total. The maximum absolute atomic E-state index is 4.37. The maximum Gasteiger partial charge on any atom is 0.0464 e. The summed E-state index contributed by atoms with van der Waals surface area (Å²) in [6, 6.07) is 10.9. The molecule has 0 spiro atoms. The minimum atomic E-state index is 0.444. The third-order valence-corrected chi connectivity index (χ3v) is 2.17. The SMILES string of the molecule is c1ccc(C2C[N]CCN2)cc1. The van der Waals surface area contributed by atoms with Gasteiger partial charge in [-0.15, -0.1) is 0 Å². The molecule has 0 amide bonds. The number of nitrogens with zero attached hydrogens (tertiary/aromatic N) is 1. The van der Waals surface area contributed by atoms with Crippen LogP contribution in [-0.2, 0) is 0 Å². The normalized spacial score (nSPS) is 23.8.